The molecule has 0 aliphatic heterocycles. The van der Waals surface area contributed by atoms with Crippen LogP contribution in [-0.4, -0.2) is 24.8 Å². The van der Waals surface area contributed by atoms with Crippen molar-refractivity contribution in [1.29, 1.82) is 0 Å². The average Bonchev–Trinajstić information content (AvgIpc) is 2.30. The van der Waals surface area contributed by atoms with Gasteiger partial charge in [0.15, 0.2) is 5.82 Å². The fourth-order valence-electron chi connectivity index (χ4n) is 1.37. The van der Waals surface area contributed by atoms with Gasteiger partial charge in [0, 0.05) is 19.6 Å². The molecule has 0 spiro atoms. The summed E-state index contributed by atoms with van der Waals surface area (Å²) in [5.41, 5.74) is 6.66. The van der Waals surface area contributed by atoms with Crippen LogP contribution in [0, 0.1) is 5.82 Å². The van der Waals surface area contributed by atoms with Crippen LogP contribution in [0.15, 0.2) is 16.6 Å². The molecular weight excluding hydrogens is 275 g/mol. The Bertz CT molecular complexity index is 373. The van der Waals surface area contributed by atoms with Crippen LogP contribution < -0.4 is 10.6 Å². The van der Waals surface area contributed by atoms with E-state index >= 15 is 0 Å². The lowest BCUT2D eigenvalue weighted by Crippen LogP contribution is -2.32. The molecule has 1 atom stereocenters. The number of likely N-dealkylation sites (N-methyl/N-ethyl adjacent to an activating group) is 1. The fraction of sp³-hybridized carbons (Fsp3) is 0.455. The molecule has 16 heavy (non-hydrogen) atoms. The third-order valence-electron chi connectivity index (χ3n) is 2.67. The first kappa shape index (κ1) is 13.4. The summed E-state index contributed by atoms with van der Waals surface area (Å²) in [5.74, 6) is -0.342. The van der Waals surface area contributed by atoms with Gasteiger partial charge in [0.25, 0.3) is 0 Å². The average molecular weight is 291 g/mol. The van der Waals surface area contributed by atoms with E-state index < -0.39 is 0 Å². The van der Waals surface area contributed by atoms with Crippen molar-refractivity contribution in [2.24, 2.45) is 5.73 Å². The lowest BCUT2D eigenvalue weighted by atomic mass is 10.1. The van der Waals surface area contributed by atoms with Crippen molar-refractivity contribution in [3.8, 4) is 0 Å². The van der Waals surface area contributed by atoms with Crippen LogP contribution in [0.3, 0.4) is 0 Å². The zero-order chi connectivity index (χ0) is 12.3. The van der Waals surface area contributed by atoms with Crippen molar-refractivity contribution < 1.29 is 9.50 Å². The Hall–Kier alpha value is -0.650. The summed E-state index contributed by atoms with van der Waals surface area (Å²) >= 11 is 3.19. The standard InChI is InChI=1S/C11H16BrFN2O/c1-7(6-16)15(2)9-4-3-8(5-14)10(12)11(9)13/h3-4,7,16H,5-6,14H2,1-2H3. The molecule has 0 saturated heterocycles. The third-order valence-corrected chi connectivity index (χ3v) is 3.52. The number of nitrogens with zero attached hydrogens (tertiary/aromatic N) is 1. The summed E-state index contributed by atoms with van der Waals surface area (Å²) in [6.45, 7) is 2.09. The number of aliphatic hydroxyl groups is 1. The van der Waals surface area contributed by atoms with E-state index in [4.69, 9.17) is 10.8 Å². The first-order chi connectivity index (χ1) is 7.52. The number of hydrogen-bond acceptors (Lipinski definition) is 3. The van der Waals surface area contributed by atoms with Gasteiger partial charge >= 0.3 is 0 Å². The highest BCUT2D eigenvalue weighted by atomic mass is 79.9. The van der Waals surface area contributed by atoms with Crippen molar-refractivity contribution in [2.75, 3.05) is 18.6 Å². The van der Waals surface area contributed by atoms with Gasteiger partial charge in [-0.2, -0.15) is 0 Å². The van der Waals surface area contributed by atoms with Gasteiger partial charge in [0.1, 0.15) is 0 Å². The van der Waals surface area contributed by atoms with Crippen LogP contribution in [0.5, 0.6) is 0 Å². The molecule has 0 heterocycles. The summed E-state index contributed by atoms with van der Waals surface area (Å²) in [7, 11) is 1.74. The maximum atomic E-state index is 14.0. The molecule has 90 valence electrons. The Kier molecular flexibility index (Phi) is 4.70. The molecule has 0 fully saturated rings. The van der Waals surface area contributed by atoms with Gasteiger partial charge in [-0.3, -0.25) is 0 Å². The molecule has 1 unspecified atom stereocenters. The van der Waals surface area contributed by atoms with Crippen LogP contribution in [0.2, 0.25) is 0 Å². The van der Waals surface area contributed by atoms with Crippen molar-refractivity contribution in [3.05, 3.63) is 28.0 Å². The van der Waals surface area contributed by atoms with E-state index in [1.807, 2.05) is 6.92 Å². The van der Waals surface area contributed by atoms with Gasteiger partial charge in [0.05, 0.1) is 16.8 Å². The van der Waals surface area contributed by atoms with Gasteiger partial charge < -0.3 is 15.7 Å². The van der Waals surface area contributed by atoms with Crippen LogP contribution in [0.1, 0.15) is 12.5 Å². The van der Waals surface area contributed by atoms with E-state index in [-0.39, 0.29) is 25.0 Å². The maximum Gasteiger partial charge on any atom is 0.160 e. The highest BCUT2D eigenvalue weighted by Crippen LogP contribution is 2.29. The van der Waals surface area contributed by atoms with Crippen molar-refractivity contribution >= 4 is 21.6 Å². The van der Waals surface area contributed by atoms with Crippen molar-refractivity contribution in [1.82, 2.24) is 0 Å². The van der Waals surface area contributed by atoms with Gasteiger partial charge in [0.2, 0.25) is 0 Å². The Balaban J connectivity index is 3.11. The van der Waals surface area contributed by atoms with Gasteiger partial charge in [-0.15, -0.1) is 0 Å². The summed E-state index contributed by atoms with van der Waals surface area (Å²) in [4.78, 5) is 1.69. The number of nitrogens with two attached hydrogens (primary N) is 1. The van der Waals surface area contributed by atoms with E-state index in [0.29, 0.717) is 10.2 Å². The van der Waals surface area contributed by atoms with E-state index in [9.17, 15) is 4.39 Å². The second kappa shape index (κ2) is 5.61. The largest absolute Gasteiger partial charge is 0.394 e. The highest BCUT2D eigenvalue weighted by Gasteiger charge is 2.16. The molecule has 1 aromatic carbocycles. The highest BCUT2D eigenvalue weighted by molar-refractivity contribution is 9.10. The molecule has 0 aliphatic rings. The number of halogens is 2. The minimum absolute atomic E-state index is 0.0216. The molecule has 0 bridgehead atoms. The van der Waals surface area contributed by atoms with Crippen LogP contribution in [-0.2, 0) is 6.54 Å². The van der Waals surface area contributed by atoms with E-state index in [1.54, 1.807) is 24.1 Å². The molecule has 0 aliphatic carbocycles. The third kappa shape index (κ3) is 2.53. The first-order valence-electron chi connectivity index (χ1n) is 5.03. The Morgan fingerprint density at radius 2 is 2.19 bits per heavy atom. The molecule has 3 nitrogen and oxygen atoms in total. The topological polar surface area (TPSA) is 49.5 Å². The summed E-state index contributed by atoms with van der Waals surface area (Å²) in [6, 6.07) is 3.32. The molecule has 0 aromatic heterocycles. The second-order valence-corrected chi connectivity index (χ2v) is 4.51. The number of anilines is 1. The van der Waals surface area contributed by atoms with Crippen LogP contribution in [0.25, 0.3) is 0 Å². The smallest absolute Gasteiger partial charge is 0.160 e. The lowest BCUT2D eigenvalue weighted by molar-refractivity contribution is 0.269. The van der Waals surface area contributed by atoms with Gasteiger partial charge in [-0.25, -0.2) is 4.39 Å². The molecule has 0 saturated carbocycles. The molecule has 1 rings (SSSR count). The lowest BCUT2D eigenvalue weighted by Gasteiger charge is -2.26. The van der Waals surface area contributed by atoms with Crippen LogP contribution >= 0.6 is 15.9 Å². The molecular formula is C11H16BrFN2O. The van der Waals surface area contributed by atoms with Gasteiger partial charge in [-0.05, 0) is 34.5 Å². The second-order valence-electron chi connectivity index (χ2n) is 3.72. The number of aliphatic hydroxyl groups excluding tert-OH is 1. The minimum Gasteiger partial charge on any atom is -0.394 e. The first-order valence-corrected chi connectivity index (χ1v) is 5.82. The molecule has 1 aromatic rings. The van der Waals surface area contributed by atoms with Crippen LogP contribution in [0.4, 0.5) is 10.1 Å². The number of benzene rings is 1. The van der Waals surface area contributed by atoms with E-state index in [0.717, 1.165) is 5.56 Å². The zero-order valence-corrected chi connectivity index (χ0v) is 11.0. The normalized spacial score (nSPS) is 12.6. The number of rotatable bonds is 4. The summed E-state index contributed by atoms with van der Waals surface area (Å²) in [5, 5.41) is 9.03. The molecule has 0 amide bonds. The minimum atomic E-state index is -0.342. The summed E-state index contributed by atoms with van der Waals surface area (Å²) in [6.07, 6.45) is 0. The zero-order valence-electron chi connectivity index (χ0n) is 9.37. The van der Waals surface area contributed by atoms with E-state index in [2.05, 4.69) is 15.9 Å². The molecule has 5 heteroatoms. The molecule has 0 radical (unpaired) electrons. The Morgan fingerprint density at radius 3 is 2.69 bits per heavy atom. The van der Waals surface area contributed by atoms with Crippen molar-refractivity contribution in [2.45, 2.75) is 19.5 Å². The predicted molar refractivity (Wildman–Crippen MR) is 66.9 cm³/mol. The fourth-order valence-corrected chi connectivity index (χ4v) is 1.87. The monoisotopic (exact) mass is 290 g/mol. The quantitative estimate of drug-likeness (QED) is 0.890. The SMILES string of the molecule is CC(CO)N(C)c1ccc(CN)c(Br)c1F. The maximum absolute atomic E-state index is 14.0. The Morgan fingerprint density at radius 1 is 1.56 bits per heavy atom. The predicted octanol–water partition coefficient (Wildman–Crippen LogP) is 1.86. The molecule has 3 N–H and O–H groups in total. The number of hydrogen-bond donors (Lipinski definition) is 2. The Labute approximate surface area is 103 Å². The van der Waals surface area contributed by atoms with E-state index in [1.165, 1.54) is 0 Å². The van der Waals surface area contributed by atoms with Gasteiger partial charge in [-0.1, -0.05) is 6.07 Å². The summed E-state index contributed by atoms with van der Waals surface area (Å²) < 4.78 is 14.4. The van der Waals surface area contributed by atoms with Crippen molar-refractivity contribution in [3.63, 3.8) is 0 Å².